The predicted molar refractivity (Wildman–Crippen MR) is 61.9 cm³/mol. The van der Waals surface area contributed by atoms with Gasteiger partial charge >= 0.3 is 0 Å². The standard InChI is InChI=1S/C10H17N3O3S/c1-2-8-11-5-9(13-8)17(15,16)12-6-10(7-14)3-4-10/h5,12,14H,2-4,6-7H2,1H3,(H,11,13). The van der Waals surface area contributed by atoms with Gasteiger partial charge in [-0.2, -0.15) is 0 Å². The van der Waals surface area contributed by atoms with Crippen LogP contribution in [-0.2, 0) is 16.4 Å². The lowest BCUT2D eigenvalue weighted by atomic mass is 10.1. The van der Waals surface area contributed by atoms with E-state index in [2.05, 4.69) is 14.7 Å². The molecular formula is C10H17N3O3S. The molecule has 1 aliphatic rings. The van der Waals surface area contributed by atoms with Gasteiger partial charge in [-0.05, 0) is 12.8 Å². The first-order valence-electron chi connectivity index (χ1n) is 5.66. The molecule has 0 atom stereocenters. The van der Waals surface area contributed by atoms with E-state index in [0.29, 0.717) is 12.2 Å². The van der Waals surface area contributed by atoms with E-state index in [4.69, 9.17) is 5.11 Å². The van der Waals surface area contributed by atoms with E-state index >= 15 is 0 Å². The first-order chi connectivity index (χ1) is 8.01. The molecule has 1 aromatic rings. The number of aromatic amines is 1. The molecule has 1 aliphatic carbocycles. The van der Waals surface area contributed by atoms with Crippen LogP contribution < -0.4 is 4.72 Å². The van der Waals surface area contributed by atoms with Gasteiger partial charge in [0.25, 0.3) is 10.0 Å². The molecule has 7 heteroatoms. The molecule has 17 heavy (non-hydrogen) atoms. The molecule has 96 valence electrons. The maximum atomic E-state index is 11.9. The molecule has 0 aromatic carbocycles. The second-order valence-electron chi connectivity index (χ2n) is 4.53. The number of hydrogen-bond acceptors (Lipinski definition) is 4. The fourth-order valence-electron chi connectivity index (χ4n) is 1.55. The Morgan fingerprint density at radius 1 is 1.59 bits per heavy atom. The Balaban J connectivity index is 2.03. The number of imidazole rings is 1. The quantitative estimate of drug-likeness (QED) is 0.671. The van der Waals surface area contributed by atoms with Gasteiger partial charge in [0.05, 0.1) is 6.20 Å². The predicted octanol–water partition coefficient (Wildman–Crippen LogP) is 0.0229. The zero-order valence-corrected chi connectivity index (χ0v) is 10.5. The molecule has 0 saturated heterocycles. The van der Waals surface area contributed by atoms with E-state index in [1.807, 2.05) is 6.92 Å². The van der Waals surface area contributed by atoms with Crippen LogP contribution in [0.2, 0.25) is 0 Å². The van der Waals surface area contributed by atoms with E-state index in [1.54, 1.807) is 0 Å². The van der Waals surface area contributed by atoms with Gasteiger partial charge in [-0.3, -0.25) is 0 Å². The molecule has 6 nitrogen and oxygen atoms in total. The van der Waals surface area contributed by atoms with E-state index in [9.17, 15) is 8.42 Å². The molecule has 1 heterocycles. The largest absolute Gasteiger partial charge is 0.396 e. The van der Waals surface area contributed by atoms with Gasteiger partial charge in [0.1, 0.15) is 5.82 Å². The number of aromatic nitrogens is 2. The zero-order chi connectivity index (χ0) is 12.5. The van der Waals surface area contributed by atoms with Crippen LogP contribution in [0, 0.1) is 5.41 Å². The van der Waals surface area contributed by atoms with Crippen molar-refractivity contribution in [3.63, 3.8) is 0 Å². The number of H-pyrrole nitrogens is 1. The highest BCUT2D eigenvalue weighted by atomic mass is 32.2. The van der Waals surface area contributed by atoms with Gasteiger partial charge in [0.15, 0.2) is 5.03 Å². The van der Waals surface area contributed by atoms with E-state index in [-0.39, 0.29) is 23.6 Å². The third-order valence-corrected chi connectivity index (χ3v) is 4.47. The minimum atomic E-state index is -3.53. The number of hydrogen-bond donors (Lipinski definition) is 3. The molecule has 0 unspecified atom stereocenters. The maximum absolute atomic E-state index is 11.9. The van der Waals surface area contributed by atoms with Crippen molar-refractivity contribution in [2.24, 2.45) is 5.41 Å². The van der Waals surface area contributed by atoms with Gasteiger partial charge in [-0.25, -0.2) is 18.1 Å². The van der Waals surface area contributed by atoms with E-state index in [0.717, 1.165) is 12.8 Å². The Labute approximate surface area is 101 Å². The highest BCUT2D eigenvalue weighted by molar-refractivity contribution is 7.89. The van der Waals surface area contributed by atoms with Gasteiger partial charge < -0.3 is 10.1 Å². The van der Waals surface area contributed by atoms with Crippen LogP contribution in [0.25, 0.3) is 0 Å². The van der Waals surface area contributed by atoms with Gasteiger partial charge in [-0.15, -0.1) is 0 Å². The van der Waals surface area contributed by atoms with Crippen LogP contribution in [0.15, 0.2) is 11.2 Å². The molecule has 2 rings (SSSR count). The number of rotatable bonds is 6. The van der Waals surface area contributed by atoms with Crippen molar-refractivity contribution in [1.82, 2.24) is 14.7 Å². The van der Waals surface area contributed by atoms with Crippen molar-refractivity contribution >= 4 is 10.0 Å². The molecule has 0 aliphatic heterocycles. The number of sulfonamides is 1. The Kier molecular flexibility index (Phi) is 3.24. The van der Waals surface area contributed by atoms with Gasteiger partial charge in [0.2, 0.25) is 0 Å². The fraction of sp³-hybridized carbons (Fsp3) is 0.700. The number of nitrogens with one attached hydrogen (secondary N) is 2. The topological polar surface area (TPSA) is 95.1 Å². The Bertz CT molecular complexity index is 491. The van der Waals surface area contributed by atoms with Crippen molar-refractivity contribution < 1.29 is 13.5 Å². The van der Waals surface area contributed by atoms with E-state index < -0.39 is 10.0 Å². The van der Waals surface area contributed by atoms with Gasteiger partial charge in [-0.1, -0.05) is 6.92 Å². The Morgan fingerprint density at radius 3 is 2.76 bits per heavy atom. The van der Waals surface area contributed by atoms with Crippen LogP contribution in [0.1, 0.15) is 25.6 Å². The van der Waals surface area contributed by atoms with Crippen LogP contribution in [-0.4, -0.2) is 36.6 Å². The van der Waals surface area contributed by atoms with Crippen LogP contribution in [0.4, 0.5) is 0 Å². The van der Waals surface area contributed by atoms with E-state index in [1.165, 1.54) is 6.20 Å². The lowest BCUT2D eigenvalue weighted by Crippen LogP contribution is -2.32. The highest BCUT2D eigenvalue weighted by Crippen LogP contribution is 2.44. The monoisotopic (exact) mass is 259 g/mol. The summed E-state index contributed by atoms with van der Waals surface area (Å²) in [4.78, 5) is 6.71. The molecule has 1 aromatic heterocycles. The summed E-state index contributed by atoms with van der Waals surface area (Å²) in [6, 6.07) is 0. The smallest absolute Gasteiger partial charge is 0.257 e. The highest BCUT2D eigenvalue weighted by Gasteiger charge is 2.42. The summed E-state index contributed by atoms with van der Waals surface area (Å²) in [5.74, 6) is 0.647. The Hall–Kier alpha value is -0.920. The summed E-state index contributed by atoms with van der Waals surface area (Å²) in [6.07, 6.45) is 3.72. The molecule has 1 saturated carbocycles. The zero-order valence-electron chi connectivity index (χ0n) is 9.73. The number of aliphatic hydroxyl groups excluding tert-OH is 1. The lowest BCUT2D eigenvalue weighted by molar-refractivity contribution is 0.213. The first kappa shape index (κ1) is 12.5. The van der Waals surface area contributed by atoms with Crippen molar-refractivity contribution in [3.8, 4) is 0 Å². The second kappa shape index (κ2) is 4.40. The van der Waals surface area contributed by atoms with Crippen molar-refractivity contribution in [2.75, 3.05) is 13.2 Å². The minimum absolute atomic E-state index is 0.0265. The summed E-state index contributed by atoms with van der Waals surface area (Å²) in [5, 5.41) is 9.20. The summed E-state index contributed by atoms with van der Waals surface area (Å²) >= 11 is 0. The summed E-state index contributed by atoms with van der Waals surface area (Å²) in [7, 11) is -3.53. The van der Waals surface area contributed by atoms with Crippen molar-refractivity contribution in [1.29, 1.82) is 0 Å². The SMILES string of the molecule is CCc1ncc(S(=O)(=O)NCC2(CO)CC2)[nH]1. The number of aryl methyl sites for hydroxylation is 1. The molecule has 1 fully saturated rings. The third-order valence-electron chi connectivity index (χ3n) is 3.16. The van der Waals surface area contributed by atoms with Crippen LogP contribution >= 0.6 is 0 Å². The summed E-state index contributed by atoms with van der Waals surface area (Å²) in [6.45, 7) is 2.21. The van der Waals surface area contributed by atoms with Crippen LogP contribution in [0.5, 0.6) is 0 Å². The average molecular weight is 259 g/mol. The molecule has 0 bridgehead atoms. The van der Waals surface area contributed by atoms with Crippen LogP contribution in [0.3, 0.4) is 0 Å². The molecule has 0 spiro atoms. The fourth-order valence-corrected chi connectivity index (χ4v) is 2.65. The molecular weight excluding hydrogens is 242 g/mol. The normalized spacial score (nSPS) is 18.2. The van der Waals surface area contributed by atoms with Gasteiger partial charge in [0, 0.05) is 25.0 Å². The molecule has 0 radical (unpaired) electrons. The minimum Gasteiger partial charge on any atom is -0.396 e. The Morgan fingerprint density at radius 2 is 2.29 bits per heavy atom. The number of aliphatic hydroxyl groups is 1. The maximum Gasteiger partial charge on any atom is 0.257 e. The lowest BCUT2D eigenvalue weighted by Gasteiger charge is -2.11. The molecule has 3 N–H and O–H groups in total. The summed E-state index contributed by atoms with van der Waals surface area (Å²) < 4.78 is 26.3. The number of nitrogens with zero attached hydrogens (tertiary/aromatic N) is 1. The molecule has 0 amide bonds. The average Bonchev–Trinajstić information content (AvgIpc) is 2.94. The first-order valence-corrected chi connectivity index (χ1v) is 7.14. The van der Waals surface area contributed by atoms with Crippen molar-refractivity contribution in [2.45, 2.75) is 31.2 Å². The third kappa shape index (κ3) is 2.67. The summed E-state index contributed by atoms with van der Waals surface area (Å²) in [5.41, 5.74) is -0.235. The second-order valence-corrected chi connectivity index (χ2v) is 6.27. The van der Waals surface area contributed by atoms with Crippen molar-refractivity contribution in [3.05, 3.63) is 12.0 Å².